The topological polar surface area (TPSA) is 177 Å². The zero-order chi connectivity index (χ0) is 37.6. The summed E-state index contributed by atoms with van der Waals surface area (Å²) in [6, 6.07) is 15.5. The number of likely N-dealkylation sites (tertiary alicyclic amines) is 1. The average molecular weight is 706 g/mol. The van der Waals surface area contributed by atoms with Crippen molar-refractivity contribution < 1.29 is 33.5 Å². The number of ketones is 1. The molecule has 0 bridgehead atoms. The number of rotatable bonds is 18. The van der Waals surface area contributed by atoms with Gasteiger partial charge in [-0.1, -0.05) is 74.5 Å². The first-order valence-corrected chi connectivity index (χ1v) is 17.9. The van der Waals surface area contributed by atoms with Crippen LogP contribution < -0.4 is 21.7 Å². The maximum absolute atomic E-state index is 14.1. The number of benzene rings is 2. The molecular weight excluding hydrogens is 650 g/mol. The second-order valence-corrected chi connectivity index (χ2v) is 14.6. The lowest BCUT2D eigenvalue weighted by Gasteiger charge is -2.31. The zero-order valence-corrected chi connectivity index (χ0v) is 30.6. The van der Waals surface area contributed by atoms with Crippen molar-refractivity contribution in [3.8, 4) is 0 Å². The van der Waals surface area contributed by atoms with Crippen LogP contribution in [0.3, 0.4) is 0 Å². The van der Waals surface area contributed by atoms with Crippen LogP contribution in [0.15, 0.2) is 60.7 Å². The van der Waals surface area contributed by atoms with Gasteiger partial charge in [0, 0.05) is 31.0 Å². The molecule has 4 atom stereocenters. The highest BCUT2D eigenvalue weighted by atomic mass is 16.6. The molecule has 5 amide bonds. The number of alkyl carbamates (subject to hydrolysis) is 1. The van der Waals surface area contributed by atoms with E-state index in [2.05, 4.69) is 16.0 Å². The number of primary amides is 1. The quantitative estimate of drug-likeness (QED) is 0.132. The summed E-state index contributed by atoms with van der Waals surface area (Å²) in [5.41, 5.74) is 6.42. The van der Waals surface area contributed by atoms with Gasteiger partial charge in [-0.15, -0.1) is 0 Å². The van der Waals surface area contributed by atoms with Crippen molar-refractivity contribution in [1.29, 1.82) is 0 Å². The first-order chi connectivity index (χ1) is 24.1. The van der Waals surface area contributed by atoms with Gasteiger partial charge in [0.05, 0.1) is 0 Å². The number of nitrogens with zero attached hydrogens (tertiary/aromatic N) is 1. The predicted octanol–water partition coefficient (Wildman–Crippen LogP) is 4.31. The monoisotopic (exact) mass is 705 g/mol. The molecule has 1 aliphatic rings. The molecule has 278 valence electrons. The average Bonchev–Trinajstić information content (AvgIpc) is 3.56. The molecule has 1 fully saturated rings. The fraction of sp³-hybridized carbons (Fsp3) is 0.538. The molecule has 1 heterocycles. The van der Waals surface area contributed by atoms with Gasteiger partial charge in [0.1, 0.15) is 23.7 Å². The third-order valence-corrected chi connectivity index (χ3v) is 8.63. The lowest BCUT2D eigenvalue weighted by molar-refractivity contribution is -0.142. The van der Waals surface area contributed by atoms with Gasteiger partial charge < -0.3 is 31.3 Å². The summed E-state index contributed by atoms with van der Waals surface area (Å²) in [5.74, 6) is -2.82. The number of hydrogen-bond acceptors (Lipinski definition) is 7. The Kier molecular flexibility index (Phi) is 15.6. The minimum Gasteiger partial charge on any atom is -0.444 e. The summed E-state index contributed by atoms with van der Waals surface area (Å²) in [4.78, 5) is 80.4. The van der Waals surface area contributed by atoms with Gasteiger partial charge in [-0.05, 0) is 77.2 Å². The van der Waals surface area contributed by atoms with E-state index in [4.69, 9.17) is 10.5 Å². The Hall–Kier alpha value is -4.74. The van der Waals surface area contributed by atoms with Crippen molar-refractivity contribution in [3.05, 3.63) is 71.8 Å². The summed E-state index contributed by atoms with van der Waals surface area (Å²) in [5, 5.41) is 8.35. The van der Waals surface area contributed by atoms with Crippen LogP contribution >= 0.6 is 0 Å². The Balaban J connectivity index is 1.67. The summed E-state index contributed by atoms with van der Waals surface area (Å²) in [6.45, 7) is 9.85. The van der Waals surface area contributed by atoms with E-state index in [0.29, 0.717) is 57.2 Å². The lowest BCUT2D eigenvalue weighted by atomic mass is 9.90. The lowest BCUT2D eigenvalue weighted by Crippen LogP contribution is -2.56. The Morgan fingerprint density at radius 3 is 2.16 bits per heavy atom. The minimum absolute atomic E-state index is 0.0341. The minimum atomic E-state index is -0.955. The summed E-state index contributed by atoms with van der Waals surface area (Å²) in [7, 11) is 0. The van der Waals surface area contributed by atoms with E-state index in [1.165, 1.54) is 4.90 Å². The highest BCUT2D eigenvalue weighted by molar-refractivity contribution is 5.99. The number of carbonyl (C=O) groups is 6. The van der Waals surface area contributed by atoms with Crippen molar-refractivity contribution in [1.82, 2.24) is 20.9 Å². The number of hydrogen-bond donors (Lipinski definition) is 4. The van der Waals surface area contributed by atoms with Gasteiger partial charge >= 0.3 is 6.09 Å². The van der Waals surface area contributed by atoms with E-state index < -0.39 is 53.5 Å². The van der Waals surface area contributed by atoms with E-state index in [1.807, 2.05) is 50.2 Å². The first-order valence-electron chi connectivity index (χ1n) is 17.9. The SMILES string of the molecule is CC(C)C[C@H](NC(=O)[C@@H](CC(=O)c1ccccc1)Cc1ccccc1)C(=O)N1CCC[C@H]1C(=O)N[C@@H](CCCCNC(=O)OC(C)(C)C)C(N)=O. The van der Waals surface area contributed by atoms with Crippen molar-refractivity contribution in [3.63, 3.8) is 0 Å². The van der Waals surface area contributed by atoms with Gasteiger partial charge in [0.2, 0.25) is 23.6 Å². The van der Waals surface area contributed by atoms with Crippen LogP contribution in [0, 0.1) is 11.8 Å². The number of amides is 5. The maximum atomic E-state index is 14.1. The van der Waals surface area contributed by atoms with Crippen molar-refractivity contribution >= 4 is 35.5 Å². The summed E-state index contributed by atoms with van der Waals surface area (Å²) < 4.78 is 5.22. The Morgan fingerprint density at radius 1 is 0.902 bits per heavy atom. The molecule has 0 aromatic heterocycles. The Labute approximate surface area is 301 Å². The van der Waals surface area contributed by atoms with Crippen LogP contribution in [0.4, 0.5) is 4.79 Å². The number of Topliss-reactive ketones (excluding diaryl/α,β-unsaturated/α-hetero) is 1. The predicted molar refractivity (Wildman–Crippen MR) is 194 cm³/mol. The molecule has 2 aromatic rings. The molecule has 5 N–H and O–H groups in total. The molecule has 12 heteroatoms. The second-order valence-electron chi connectivity index (χ2n) is 14.6. The normalized spacial score (nSPS) is 16.1. The van der Waals surface area contributed by atoms with Crippen molar-refractivity contribution in [2.24, 2.45) is 17.6 Å². The van der Waals surface area contributed by atoms with Gasteiger partial charge in [0.25, 0.3) is 0 Å². The number of carbonyl (C=O) groups excluding carboxylic acids is 6. The molecule has 0 saturated carbocycles. The molecule has 2 aromatic carbocycles. The summed E-state index contributed by atoms with van der Waals surface area (Å²) in [6.07, 6.45) is 2.34. The molecule has 51 heavy (non-hydrogen) atoms. The number of nitrogens with two attached hydrogens (primary N) is 1. The van der Waals surface area contributed by atoms with Gasteiger partial charge in [0.15, 0.2) is 5.78 Å². The van der Waals surface area contributed by atoms with Gasteiger partial charge in [-0.2, -0.15) is 0 Å². The van der Waals surface area contributed by atoms with Crippen LogP contribution in [-0.2, 0) is 30.3 Å². The Morgan fingerprint density at radius 2 is 1.55 bits per heavy atom. The third-order valence-electron chi connectivity index (χ3n) is 8.63. The highest BCUT2D eigenvalue weighted by Gasteiger charge is 2.39. The van der Waals surface area contributed by atoms with Crippen LogP contribution in [0.25, 0.3) is 0 Å². The second kappa shape index (κ2) is 19.6. The first kappa shape index (κ1) is 40.7. The molecule has 0 spiro atoms. The molecule has 0 aliphatic carbocycles. The molecular formula is C39H55N5O7. The van der Waals surface area contributed by atoms with E-state index >= 15 is 0 Å². The van der Waals surface area contributed by atoms with Crippen LogP contribution in [0.1, 0.15) is 95.5 Å². The standard InChI is InChI=1S/C39H55N5O7/c1-26(2)23-31(43-35(47)29(24-27-15-8-6-9-16-27)25-33(45)28-17-10-7-11-18-28)37(49)44-22-14-20-32(44)36(48)42-30(34(40)46)19-12-13-21-41-38(50)51-39(3,4)5/h6-11,15-18,26,29-32H,12-14,19-25H2,1-5H3,(H2,40,46)(H,41,50)(H,42,48)(H,43,47)/t29-,30+,31+,32+/m1/s1. The molecule has 3 rings (SSSR count). The number of ether oxygens (including phenoxy) is 1. The van der Waals surface area contributed by atoms with E-state index in [-0.39, 0.29) is 30.4 Å². The maximum Gasteiger partial charge on any atom is 0.407 e. The fourth-order valence-electron chi connectivity index (χ4n) is 6.14. The highest BCUT2D eigenvalue weighted by Crippen LogP contribution is 2.23. The van der Waals surface area contributed by atoms with E-state index in [0.717, 1.165) is 5.56 Å². The molecule has 0 unspecified atom stereocenters. The van der Waals surface area contributed by atoms with Gasteiger partial charge in [-0.25, -0.2) is 4.79 Å². The molecule has 12 nitrogen and oxygen atoms in total. The van der Waals surface area contributed by atoms with Crippen molar-refractivity contribution in [2.75, 3.05) is 13.1 Å². The summed E-state index contributed by atoms with van der Waals surface area (Å²) >= 11 is 0. The van der Waals surface area contributed by atoms with Crippen molar-refractivity contribution in [2.45, 2.75) is 110 Å². The molecule has 0 radical (unpaired) electrons. The van der Waals surface area contributed by atoms with Crippen LogP contribution in [0.2, 0.25) is 0 Å². The van der Waals surface area contributed by atoms with Crippen LogP contribution in [0.5, 0.6) is 0 Å². The van der Waals surface area contributed by atoms with E-state index in [1.54, 1.807) is 45.0 Å². The number of nitrogens with one attached hydrogen (secondary N) is 3. The number of unbranched alkanes of at least 4 members (excludes halogenated alkanes) is 1. The van der Waals surface area contributed by atoms with E-state index in [9.17, 15) is 28.8 Å². The van der Waals surface area contributed by atoms with Crippen LogP contribution in [-0.4, -0.2) is 77.2 Å². The third kappa shape index (κ3) is 13.8. The molecule has 1 aliphatic heterocycles. The smallest absolute Gasteiger partial charge is 0.407 e. The fourth-order valence-corrected chi connectivity index (χ4v) is 6.14. The molecule has 1 saturated heterocycles. The zero-order valence-electron chi connectivity index (χ0n) is 30.6. The largest absolute Gasteiger partial charge is 0.444 e. The Bertz CT molecular complexity index is 1480. The van der Waals surface area contributed by atoms with Gasteiger partial charge in [-0.3, -0.25) is 24.0 Å².